The Balaban J connectivity index is 2.09. The molecule has 0 fully saturated rings. The molecule has 0 atom stereocenters. The van der Waals surface area contributed by atoms with Crippen molar-refractivity contribution in [3.63, 3.8) is 0 Å². The van der Waals surface area contributed by atoms with E-state index in [4.69, 9.17) is 5.11 Å². The van der Waals surface area contributed by atoms with Gasteiger partial charge in [-0.1, -0.05) is 0 Å². The molecule has 0 aliphatic rings. The lowest BCUT2D eigenvalue weighted by molar-refractivity contribution is -0.135. The molecule has 18 heavy (non-hydrogen) atoms. The lowest BCUT2D eigenvalue weighted by Gasteiger charge is -2.05. The van der Waals surface area contributed by atoms with Crippen LogP contribution in [-0.4, -0.2) is 33.6 Å². The maximum Gasteiger partial charge on any atom is 0.323 e. The molecule has 8 nitrogen and oxygen atoms in total. The van der Waals surface area contributed by atoms with Crippen molar-refractivity contribution in [3.8, 4) is 0 Å². The summed E-state index contributed by atoms with van der Waals surface area (Å²) in [5, 5.41) is 13.0. The number of rotatable bonds is 3. The Morgan fingerprint density at radius 2 is 1.94 bits per heavy atom. The van der Waals surface area contributed by atoms with Gasteiger partial charge in [0.1, 0.15) is 6.54 Å². The molecule has 94 valence electrons. The van der Waals surface area contributed by atoms with Crippen LogP contribution in [0.5, 0.6) is 0 Å². The summed E-state index contributed by atoms with van der Waals surface area (Å²) in [7, 11) is 0. The van der Waals surface area contributed by atoms with E-state index in [-0.39, 0.29) is 5.69 Å². The third-order valence-electron chi connectivity index (χ3n) is 2.17. The minimum absolute atomic E-state index is 0.336. The van der Waals surface area contributed by atoms with Crippen LogP contribution in [-0.2, 0) is 4.79 Å². The summed E-state index contributed by atoms with van der Waals surface area (Å²) in [6, 6.07) is 4.15. The van der Waals surface area contributed by atoms with Gasteiger partial charge < -0.3 is 25.7 Å². The van der Waals surface area contributed by atoms with E-state index >= 15 is 0 Å². The van der Waals surface area contributed by atoms with Gasteiger partial charge in [-0.2, -0.15) is 0 Å². The maximum absolute atomic E-state index is 11.3. The number of carboxylic acid groups (broad SMARTS) is 1. The standard InChI is InChI=1S/C10H10N4O4/c15-8(16)4-11-9(17)12-5-1-2-6-7(3-5)14-10(18)13-6/h1-3H,4H2,(H,15,16)(H2,11,12,17)(H2,13,14,18). The van der Waals surface area contributed by atoms with Crippen molar-refractivity contribution >= 4 is 28.7 Å². The van der Waals surface area contributed by atoms with E-state index in [2.05, 4.69) is 20.6 Å². The molecule has 0 bridgehead atoms. The molecule has 0 aliphatic carbocycles. The predicted octanol–water partition coefficient (Wildman–Crippen LogP) is 0.0623. The number of aromatic nitrogens is 2. The first-order valence-corrected chi connectivity index (χ1v) is 5.03. The molecule has 0 saturated heterocycles. The third-order valence-corrected chi connectivity index (χ3v) is 2.17. The molecule has 0 radical (unpaired) electrons. The number of hydrogen-bond acceptors (Lipinski definition) is 3. The summed E-state index contributed by atoms with van der Waals surface area (Å²) in [5.74, 6) is -1.13. The summed E-state index contributed by atoms with van der Waals surface area (Å²) in [5.41, 5.74) is 1.28. The van der Waals surface area contributed by atoms with Gasteiger partial charge in [-0.05, 0) is 18.2 Å². The molecular formula is C10H10N4O4. The zero-order chi connectivity index (χ0) is 13.1. The molecule has 0 unspecified atom stereocenters. The lowest BCUT2D eigenvalue weighted by Crippen LogP contribution is -2.33. The fourth-order valence-electron chi connectivity index (χ4n) is 1.44. The number of aliphatic carboxylic acids is 1. The highest BCUT2D eigenvalue weighted by atomic mass is 16.4. The molecular weight excluding hydrogens is 240 g/mol. The Bertz CT molecular complexity index is 657. The number of carbonyl (C=O) groups is 2. The van der Waals surface area contributed by atoms with Crippen LogP contribution < -0.4 is 16.3 Å². The summed E-state index contributed by atoms with van der Waals surface area (Å²) >= 11 is 0. The second-order valence-electron chi connectivity index (χ2n) is 3.54. The van der Waals surface area contributed by atoms with Crippen LogP contribution in [0.3, 0.4) is 0 Å². The minimum Gasteiger partial charge on any atom is -0.480 e. The summed E-state index contributed by atoms with van der Waals surface area (Å²) in [6.07, 6.45) is 0. The second-order valence-corrected chi connectivity index (χ2v) is 3.54. The molecule has 8 heteroatoms. The largest absolute Gasteiger partial charge is 0.480 e. The number of H-pyrrole nitrogens is 2. The number of anilines is 1. The SMILES string of the molecule is O=C(O)CNC(=O)Nc1ccc2[nH]c(=O)[nH]c2c1. The van der Waals surface area contributed by atoms with E-state index in [1.165, 1.54) is 0 Å². The molecule has 1 aromatic heterocycles. The molecule has 0 aliphatic heterocycles. The number of hydrogen-bond donors (Lipinski definition) is 5. The third kappa shape index (κ3) is 2.67. The average Bonchev–Trinajstić information content (AvgIpc) is 2.66. The highest BCUT2D eigenvalue weighted by molar-refractivity contribution is 5.93. The monoisotopic (exact) mass is 250 g/mol. The zero-order valence-electron chi connectivity index (χ0n) is 9.11. The number of carboxylic acids is 1. The number of fused-ring (bicyclic) bond motifs is 1. The topological polar surface area (TPSA) is 127 Å². The molecule has 2 amide bonds. The van der Waals surface area contributed by atoms with Gasteiger partial charge in [-0.3, -0.25) is 4.79 Å². The number of nitrogens with one attached hydrogen (secondary N) is 4. The van der Waals surface area contributed by atoms with Gasteiger partial charge in [0, 0.05) is 5.69 Å². The van der Waals surface area contributed by atoms with Crippen LogP contribution in [0.25, 0.3) is 11.0 Å². The molecule has 1 heterocycles. The quantitative estimate of drug-likeness (QED) is 0.527. The van der Waals surface area contributed by atoms with E-state index in [0.29, 0.717) is 16.7 Å². The maximum atomic E-state index is 11.3. The zero-order valence-corrected chi connectivity index (χ0v) is 9.11. The van der Waals surface area contributed by atoms with Crippen molar-refractivity contribution in [2.75, 3.05) is 11.9 Å². The van der Waals surface area contributed by atoms with Crippen LogP contribution in [0.15, 0.2) is 23.0 Å². The van der Waals surface area contributed by atoms with Crippen LogP contribution in [0, 0.1) is 0 Å². The van der Waals surface area contributed by atoms with E-state index < -0.39 is 18.5 Å². The van der Waals surface area contributed by atoms with Gasteiger partial charge in [-0.15, -0.1) is 0 Å². The first-order chi connectivity index (χ1) is 8.54. The number of benzene rings is 1. The molecule has 0 spiro atoms. The fraction of sp³-hybridized carbons (Fsp3) is 0.100. The molecule has 0 saturated carbocycles. The van der Waals surface area contributed by atoms with Crippen molar-refractivity contribution in [2.45, 2.75) is 0 Å². The van der Waals surface area contributed by atoms with Gasteiger partial charge in [0.25, 0.3) is 0 Å². The van der Waals surface area contributed by atoms with Gasteiger partial charge in [0.2, 0.25) is 0 Å². The van der Waals surface area contributed by atoms with Crippen molar-refractivity contribution in [1.82, 2.24) is 15.3 Å². The number of amides is 2. The number of imidazole rings is 1. The Kier molecular flexibility index (Phi) is 3.00. The van der Waals surface area contributed by atoms with Crippen molar-refractivity contribution in [1.29, 1.82) is 0 Å². The van der Waals surface area contributed by atoms with Crippen LogP contribution in [0.1, 0.15) is 0 Å². The average molecular weight is 250 g/mol. The summed E-state index contributed by atoms with van der Waals surface area (Å²) in [4.78, 5) is 37.7. The van der Waals surface area contributed by atoms with Crippen LogP contribution >= 0.6 is 0 Å². The smallest absolute Gasteiger partial charge is 0.323 e. The first kappa shape index (κ1) is 11.7. The summed E-state index contributed by atoms with van der Waals surface area (Å²) in [6.45, 7) is -0.463. The Morgan fingerprint density at radius 3 is 2.67 bits per heavy atom. The van der Waals surface area contributed by atoms with Gasteiger partial charge in [0.15, 0.2) is 0 Å². The number of carbonyl (C=O) groups excluding carboxylic acids is 1. The van der Waals surface area contributed by atoms with E-state index in [1.807, 2.05) is 0 Å². The van der Waals surface area contributed by atoms with E-state index in [0.717, 1.165) is 0 Å². The Labute approximate surface area is 100 Å². The minimum atomic E-state index is -1.13. The lowest BCUT2D eigenvalue weighted by atomic mass is 10.3. The van der Waals surface area contributed by atoms with Crippen molar-refractivity contribution in [3.05, 3.63) is 28.7 Å². The fourth-order valence-corrected chi connectivity index (χ4v) is 1.44. The number of aromatic amines is 2. The van der Waals surface area contributed by atoms with Crippen LogP contribution in [0.4, 0.5) is 10.5 Å². The van der Waals surface area contributed by atoms with Crippen LogP contribution in [0.2, 0.25) is 0 Å². The Hall–Kier alpha value is -2.77. The van der Waals surface area contributed by atoms with Gasteiger partial charge in [0.05, 0.1) is 11.0 Å². The van der Waals surface area contributed by atoms with E-state index in [9.17, 15) is 14.4 Å². The van der Waals surface area contributed by atoms with E-state index in [1.54, 1.807) is 18.2 Å². The van der Waals surface area contributed by atoms with Gasteiger partial charge in [-0.25, -0.2) is 9.59 Å². The summed E-state index contributed by atoms with van der Waals surface area (Å²) < 4.78 is 0. The highest BCUT2D eigenvalue weighted by Gasteiger charge is 2.05. The first-order valence-electron chi connectivity index (χ1n) is 5.03. The molecule has 5 N–H and O–H groups in total. The Morgan fingerprint density at radius 1 is 1.22 bits per heavy atom. The molecule has 1 aromatic carbocycles. The predicted molar refractivity (Wildman–Crippen MR) is 63.6 cm³/mol. The second kappa shape index (κ2) is 4.62. The van der Waals surface area contributed by atoms with Crippen molar-refractivity contribution < 1.29 is 14.7 Å². The highest BCUT2D eigenvalue weighted by Crippen LogP contribution is 2.14. The van der Waals surface area contributed by atoms with Crippen molar-refractivity contribution in [2.24, 2.45) is 0 Å². The van der Waals surface area contributed by atoms with Gasteiger partial charge >= 0.3 is 17.7 Å². The molecule has 2 aromatic rings. The normalized spacial score (nSPS) is 10.2. The molecule has 2 rings (SSSR count). The number of urea groups is 1.